The molecule has 0 saturated heterocycles. The number of thiophene rings is 1. The van der Waals surface area contributed by atoms with Crippen LogP contribution in [0.3, 0.4) is 0 Å². The van der Waals surface area contributed by atoms with Crippen molar-refractivity contribution in [2.45, 2.75) is 32.9 Å². The average Bonchev–Trinajstić information content (AvgIpc) is 3.23. The van der Waals surface area contributed by atoms with Gasteiger partial charge in [-0.3, -0.25) is 9.36 Å². The molecule has 0 fully saturated rings. The molecule has 0 aliphatic rings. The lowest BCUT2D eigenvalue weighted by Gasteiger charge is -2.17. The molecule has 3 aromatic rings. The Hall–Kier alpha value is -2.32. The van der Waals surface area contributed by atoms with Gasteiger partial charge in [0, 0.05) is 29.4 Å². The lowest BCUT2D eigenvalue weighted by Crippen LogP contribution is -2.37. The van der Waals surface area contributed by atoms with Gasteiger partial charge in [-0.2, -0.15) is 16.3 Å². The molecule has 0 saturated carbocycles. The van der Waals surface area contributed by atoms with Gasteiger partial charge in [0.2, 0.25) is 5.91 Å². The van der Waals surface area contributed by atoms with Crippen molar-refractivity contribution in [3.63, 3.8) is 0 Å². The van der Waals surface area contributed by atoms with Gasteiger partial charge in [0.15, 0.2) is 0 Å². The van der Waals surface area contributed by atoms with Crippen molar-refractivity contribution in [2.24, 2.45) is 0 Å². The van der Waals surface area contributed by atoms with E-state index in [9.17, 15) is 9.59 Å². The van der Waals surface area contributed by atoms with Crippen molar-refractivity contribution in [3.8, 4) is 0 Å². The number of rotatable bonds is 6. The fourth-order valence-electron chi connectivity index (χ4n) is 2.60. The fourth-order valence-corrected chi connectivity index (χ4v) is 3.97. The van der Waals surface area contributed by atoms with Crippen LogP contribution in [-0.2, 0) is 17.8 Å². The SMILES string of the molecule is Cc1cc(C)n(CC(=O)NC(Cc2ccsc2)c2nccs2)c(=O)n1. The van der Waals surface area contributed by atoms with Crippen LogP contribution in [0, 0.1) is 13.8 Å². The molecule has 8 heteroatoms. The van der Waals surface area contributed by atoms with Crippen molar-refractivity contribution in [3.05, 3.63) is 66.9 Å². The number of hydrogen-bond acceptors (Lipinski definition) is 6. The number of thiazole rings is 1. The van der Waals surface area contributed by atoms with Crippen molar-refractivity contribution in [1.82, 2.24) is 19.9 Å². The molecule has 6 nitrogen and oxygen atoms in total. The maximum Gasteiger partial charge on any atom is 0.348 e. The van der Waals surface area contributed by atoms with E-state index in [1.165, 1.54) is 15.9 Å². The quantitative estimate of drug-likeness (QED) is 0.719. The van der Waals surface area contributed by atoms with E-state index >= 15 is 0 Å². The third-order valence-corrected chi connectivity index (χ3v) is 5.37. The molecule has 3 rings (SSSR count). The summed E-state index contributed by atoms with van der Waals surface area (Å²) in [6.45, 7) is 3.51. The highest BCUT2D eigenvalue weighted by Crippen LogP contribution is 2.21. The lowest BCUT2D eigenvalue weighted by molar-refractivity contribution is -0.122. The molecule has 1 atom stereocenters. The van der Waals surface area contributed by atoms with Crippen LogP contribution in [-0.4, -0.2) is 20.4 Å². The van der Waals surface area contributed by atoms with Gasteiger partial charge >= 0.3 is 5.69 Å². The molecule has 25 heavy (non-hydrogen) atoms. The van der Waals surface area contributed by atoms with E-state index in [0.29, 0.717) is 12.1 Å². The Morgan fingerprint density at radius 1 is 1.36 bits per heavy atom. The zero-order valence-electron chi connectivity index (χ0n) is 13.9. The van der Waals surface area contributed by atoms with E-state index in [4.69, 9.17) is 0 Å². The molecule has 130 valence electrons. The van der Waals surface area contributed by atoms with Gasteiger partial charge in [0.25, 0.3) is 0 Å². The lowest BCUT2D eigenvalue weighted by atomic mass is 10.1. The number of aryl methyl sites for hydroxylation is 2. The first-order valence-corrected chi connectivity index (χ1v) is 9.60. The number of nitrogens with zero attached hydrogens (tertiary/aromatic N) is 3. The predicted molar refractivity (Wildman–Crippen MR) is 99.0 cm³/mol. The fraction of sp³-hybridized carbons (Fsp3) is 0.294. The first-order chi connectivity index (χ1) is 12.0. The summed E-state index contributed by atoms with van der Waals surface area (Å²) in [5.41, 5.74) is 2.11. The van der Waals surface area contributed by atoms with Crippen LogP contribution < -0.4 is 11.0 Å². The molecule has 3 heterocycles. The number of nitrogens with one attached hydrogen (secondary N) is 1. The maximum absolute atomic E-state index is 12.5. The van der Waals surface area contributed by atoms with Gasteiger partial charge < -0.3 is 5.32 Å². The molecule has 3 aromatic heterocycles. The predicted octanol–water partition coefficient (Wildman–Crippen LogP) is 2.48. The summed E-state index contributed by atoms with van der Waals surface area (Å²) in [7, 11) is 0. The van der Waals surface area contributed by atoms with Gasteiger partial charge in [0.05, 0.1) is 6.04 Å². The summed E-state index contributed by atoms with van der Waals surface area (Å²) in [6.07, 6.45) is 2.40. The molecular formula is C17H18N4O2S2. The number of carbonyl (C=O) groups excluding carboxylic acids is 1. The topological polar surface area (TPSA) is 76.9 Å². The second kappa shape index (κ2) is 7.71. The van der Waals surface area contributed by atoms with E-state index in [2.05, 4.69) is 20.7 Å². The third-order valence-electron chi connectivity index (χ3n) is 3.75. The summed E-state index contributed by atoms with van der Waals surface area (Å²) in [6, 6.07) is 3.62. The normalized spacial score (nSPS) is 12.1. The van der Waals surface area contributed by atoms with E-state index in [-0.39, 0.29) is 18.5 Å². The molecule has 1 N–H and O–H groups in total. The van der Waals surface area contributed by atoms with Crippen molar-refractivity contribution in [1.29, 1.82) is 0 Å². The van der Waals surface area contributed by atoms with E-state index in [1.54, 1.807) is 37.4 Å². The molecule has 0 aliphatic heterocycles. The Morgan fingerprint density at radius 3 is 2.84 bits per heavy atom. The zero-order chi connectivity index (χ0) is 17.8. The molecule has 0 aliphatic carbocycles. The summed E-state index contributed by atoms with van der Waals surface area (Å²) < 4.78 is 1.38. The van der Waals surface area contributed by atoms with Crippen LogP contribution >= 0.6 is 22.7 Å². The second-order valence-electron chi connectivity index (χ2n) is 5.73. The largest absolute Gasteiger partial charge is 0.348 e. The molecule has 0 bridgehead atoms. The van der Waals surface area contributed by atoms with Gasteiger partial charge in [0.1, 0.15) is 11.6 Å². The molecule has 1 amide bonds. The van der Waals surface area contributed by atoms with Gasteiger partial charge in [-0.15, -0.1) is 11.3 Å². The first-order valence-electron chi connectivity index (χ1n) is 7.78. The van der Waals surface area contributed by atoms with E-state index in [0.717, 1.165) is 16.3 Å². The Labute approximate surface area is 153 Å². The third kappa shape index (κ3) is 4.40. The monoisotopic (exact) mass is 374 g/mol. The average molecular weight is 374 g/mol. The van der Waals surface area contributed by atoms with Crippen molar-refractivity contribution in [2.75, 3.05) is 0 Å². The van der Waals surface area contributed by atoms with Gasteiger partial charge in [-0.1, -0.05) is 0 Å². The first kappa shape index (κ1) is 17.5. The van der Waals surface area contributed by atoms with Crippen LogP contribution in [0.4, 0.5) is 0 Å². The minimum absolute atomic E-state index is 0.0521. The minimum atomic E-state index is -0.406. The molecule has 1 unspecified atom stereocenters. The highest BCUT2D eigenvalue weighted by Gasteiger charge is 2.19. The molecular weight excluding hydrogens is 356 g/mol. The highest BCUT2D eigenvalue weighted by molar-refractivity contribution is 7.09. The molecule has 0 spiro atoms. The minimum Gasteiger partial charge on any atom is -0.345 e. The summed E-state index contributed by atoms with van der Waals surface area (Å²) in [5.74, 6) is -0.230. The van der Waals surface area contributed by atoms with Crippen LogP contribution in [0.1, 0.15) is 28.0 Å². The van der Waals surface area contributed by atoms with E-state index in [1.807, 2.05) is 16.8 Å². The van der Waals surface area contributed by atoms with Crippen LogP contribution in [0.2, 0.25) is 0 Å². The standard InChI is InChI=1S/C17H18N4O2S2/c1-11-7-12(2)21(17(23)19-11)9-15(22)20-14(16-18-4-6-25-16)8-13-3-5-24-10-13/h3-7,10,14H,8-9H2,1-2H3,(H,20,22). The van der Waals surface area contributed by atoms with Crippen LogP contribution in [0.15, 0.2) is 39.3 Å². The Balaban J connectivity index is 1.76. The maximum atomic E-state index is 12.5. The van der Waals surface area contributed by atoms with E-state index < -0.39 is 5.69 Å². The Kier molecular flexibility index (Phi) is 5.40. The Morgan fingerprint density at radius 2 is 2.20 bits per heavy atom. The highest BCUT2D eigenvalue weighted by atomic mass is 32.1. The number of hydrogen-bond donors (Lipinski definition) is 1. The summed E-state index contributed by atoms with van der Waals surface area (Å²) in [5, 5.41) is 9.82. The smallest absolute Gasteiger partial charge is 0.345 e. The number of amides is 1. The van der Waals surface area contributed by atoms with Crippen molar-refractivity contribution >= 4 is 28.6 Å². The Bertz CT molecular complexity index is 901. The van der Waals surface area contributed by atoms with Gasteiger partial charge in [-0.05, 0) is 42.3 Å². The van der Waals surface area contributed by atoms with Crippen LogP contribution in [0.25, 0.3) is 0 Å². The molecule has 0 radical (unpaired) electrons. The summed E-state index contributed by atoms with van der Waals surface area (Å²) >= 11 is 3.13. The zero-order valence-corrected chi connectivity index (χ0v) is 15.6. The summed E-state index contributed by atoms with van der Waals surface area (Å²) in [4.78, 5) is 32.8. The van der Waals surface area contributed by atoms with Crippen LogP contribution in [0.5, 0.6) is 0 Å². The number of aromatic nitrogens is 3. The number of carbonyl (C=O) groups is 1. The second-order valence-corrected chi connectivity index (χ2v) is 7.44. The molecule has 0 aromatic carbocycles. The van der Waals surface area contributed by atoms with Gasteiger partial charge in [-0.25, -0.2) is 9.78 Å². The van der Waals surface area contributed by atoms with Crippen molar-refractivity contribution < 1.29 is 4.79 Å².